The van der Waals surface area contributed by atoms with Crippen LogP contribution in [-0.4, -0.2) is 17.6 Å². The van der Waals surface area contributed by atoms with Crippen molar-refractivity contribution in [1.29, 1.82) is 0 Å². The fourth-order valence-corrected chi connectivity index (χ4v) is 2.23. The highest BCUT2D eigenvalue weighted by atomic mass is 16.3. The molecule has 0 spiro atoms. The third kappa shape index (κ3) is 3.13. The van der Waals surface area contributed by atoms with Crippen molar-refractivity contribution >= 4 is 5.91 Å². The van der Waals surface area contributed by atoms with Crippen molar-refractivity contribution in [2.45, 2.75) is 32.6 Å². The summed E-state index contributed by atoms with van der Waals surface area (Å²) in [5.74, 6) is -0.154. The van der Waals surface area contributed by atoms with Gasteiger partial charge in [0.15, 0.2) is 0 Å². The summed E-state index contributed by atoms with van der Waals surface area (Å²) in [7, 11) is 0. The zero-order chi connectivity index (χ0) is 13.0. The molecule has 0 aliphatic heterocycles. The van der Waals surface area contributed by atoms with E-state index in [9.17, 15) is 9.90 Å². The van der Waals surface area contributed by atoms with Crippen molar-refractivity contribution in [2.24, 2.45) is 0 Å². The highest BCUT2D eigenvalue weighted by Crippen LogP contribution is 2.20. The standard InChI is InChI=1S/C15H19NO2/c1-11-6-7-13(14(17)10-11)15(18)16-9-8-12-4-2-3-5-12/h4,6-7,10,17H,2-3,5,8-9H2,1H3,(H,16,18). The van der Waals surface area contributed by atoms with Gasteiger partial charge in [0.2, 0.25) is 0 Å². The number of aromatic hydroxyl groups is 1. The van der Waals surface area contributed by atoms with Crippen molar-refractivity contribution < 1.29 is 9.90 Å². The second-order valence-corrected chi connectivity index (χ2v) is 4.78. The summed E-state index contributed by atoms with van der Waals surface area (Å²) in [6, 6.07) is 5.09. The first-order valence-corrected chi connectivity index (χ1v) is 6.42. The molecule has 3 heteroatoms. The Kier molecular flexibility index (Phi) is 4.03. The quantitative estimate of drug-likeness (QED) is 0.801. The van der Waals surface area contributed by atoms with E-state index in [1.54, 1.807) is 12.1 Å². The maximum Gasteiger partial charge on any atom is 0.255 e. The molecule has 0 radical (unpaired) electrons. The lowest BCUT2D eigenvalue weighted by atomic mass is 10.1. The average Bonchev–Trinajstić information content (AvgIpc) is 2.81. The summed E-state index contributed by atoms with van der Waals surface area (Å²) in [6.07, 6.45) is 6.74. The van der Waals surface area contributed by atoms with Crippen LogP contribution in [0.1, 0.15) is 41.6 Å². The first-order valence-electron chi connectivity index (χ1n) is 6.42. The van der Waals surface area contributed by atoms with Gasteiger partial charge in [-0.15, -0.1) is 0 Å². The van der Waals surface area contributed by atoms with Crippen LogP contribution in [0.3, 0.4) is 0 Å². The van der Waals surface area contributed by atoms with Gasteiger partial charge in [0.1, 0.15) is 5.75 Å². The van der Waals surface area contributed by atoms with Crippen molar-refractivity contribution in [3.8, 4) is 5.75 Å². The molecule has 0 atom stereocenters. The van der Waals surface area contributed by atoms with Gasteiger partial charge in [-0.25, -0.2) is 0 Å². The number of benzene rings is 1. The molecule has 0 fully saturated rings. The number of hydrogen-bond acceptors (Lipinski definition) is 2. The summed E-state index contributed by atoms with van der Waals surface area (Å²) in [6.45, 7) is 2.52. The first-order chi connectivity index (χ1) is 8.66. The predicted molar refractivity (Wildman–Crippen MR) is 71.7 cm³/mol. The number of amides is 1. The molecular formula is C15H19NO2. The van der Waals surface area contributed by atoms with E-state index in [1.165, 1.54) is 18.4 Å². The molecule has 0 saturated carbocycles. The fraction of sp³-hybridized carbons (Fsp3) is 0.400. The minimum atomic E-state index is -0.203. The van der Waals surface area contributed by atoms with Crippen molar-refractivity contribution in [3.63, 3.8) is 0 Å². The van der Waals surface area contributed by atoms with Crippen LogP contribution in [0.4, 0.5) is 0 Å². The van der Waals surface area contributed by atoms with E-state index in [1.807, 2.05) is 13.0 Å². The molecule has 3 nitrogen and oxygen atoms in total. The van der Waals surface area contributed by atoms with Gasteiger partial charge in [-0.2, -0.15) is 0 Å². The van der Waals surface area contributed by atoms with E-state index in [-0.39, 0.29) is 11.7 Å². The molecule has 0 unspecified atom stereocenters. The van der Waals surface area contributed by atoms with E-state index in [0.717, 1.165) is 18.4 Å². The zero-order valence-electron chi connectivity index (χ0n) is 10.7. The number of allylic oxidation sites excluding steroid dienone is 1. The molecule has 0 aromatic heterocycles. The third-order valence-electron chi connectivity index (χ3n) is 3.26. The van der Waals surface area contributed by atoms with Crippen LogP contribution in [0.5, 0.6) is 5.75 Å². The topological polar surface area (TPSA) is 49.3 Å². The van der Waals surface area contributed by atoms with Gasteiger partial charge < -0.3 is 10.4 Å². The van der Waals surface area contributed by atoms with Gasteiger partial charge in [0.05, 0.1) is 5.56 Å². The van der Waals surface area contributed by atoms with Crippen LogP contribution in [0.15, 0.2) is 29.8 Å². The van der Waals surface area contributed by atoms with E-state index in [0.29, 0.717) is 12.1 Å². The van der Waals surface area contributed by atoms with E-state index >= 15 is 0 Å². The third-order valence-corrected chi connectivity index (χ3v) is 3.26. The summed E-state index contributed by atoms with van der Waals surface area (Å²) in [5.41, 5.74) is 2.73. The van der Waals surface area contributed by atoms with E-state index in [2.05, 4.69) is 11.4 Å². The van der Waals surface area contributed by atoms with Gasteiger partial charge in [0, 0.05) is 6.54 Å². The minimum Gasteiger partial charge on any atom is -0.507 e. The molecule has 0 saturated heterocycles. The summed E-state index contributed by atoms with van der Waals surface area (Å²) < 4.78 is 0. The number of carbonyl (C=O) groups excluding carboxylic acids is 1. The Bertz CT molecular complexity index is 477. The number of nitrogens with one attached hydrogen (secondary N) is 1. The van der Waals surface area contributed by atoms with Crippen molar-refractivity contribution in [2.75, 3.05) is 6.54 Å². The molecule has 18 heavy (non-hydrogen) atoms. The zero-order valence-corrected chi connectivity index (χ0v) is 10.7. The van der Waals surface area contributed by atoms with Gasteiger partial charge in [-0.1, -0.05) is 17.7 Å². The maximum absolute atomic E-state index is 11.9. The van der Waals surface area contributed by atoms with Crippen molar-refractivity contribution in [1.82, 2.24) is 5.32 Å². The van der Waals surface area contributed by atoms with Crippen LogP contribution in [-0.2, 0) is 0 Å². The van der Waals surface area contributed by atoms with Crippen LogP contribution >= 0.6 is 0 Å². The van der Waals surface area contributed by atoms with Crippen molar-refractivity contribution in [3.05, 3.63) is 41.0 Å². The molecule has 2 N–H and O–H groups in total. The number of rotatable bonds is 4. The average molecular weight is 245 g/mol. The molecule has 1 amide bonds. The second-order valence-electron chi connectivity index (χ2n) is 4.78. The Morgan fingerprint density at radius 3 is 2.94 bits per heavy atom. The molecule has 96 valence electrons. The van der Waals surface area contributed by atoms with Crippen LogP contribution < -0.4 is 5.32 Å². The maximum atomic E-state index is 11.9. The summed E-state index contributed by atoms with van der Waals surface area (Å²) in [4.78, 5) is 11.9. The Hall–Kier alpha value is -1.77. The van der Waals surface area contributed by atoms with E-state index < -0.39 is 0 Å². The first kappa shape index (κ1) is 12.7. The Balaban J connectivity index is 1.87. The number of carbonyl (C=O) groups is 1. The predicted octanol–water partition coefficient (Wildman–Crippen LogP) is 2.93. The lowest BCUT2D eigenvalue weighted by Crippen LogP contribution is -2.24. The molecule has 0 heterocycles. The molecule has 1 aromatic rings. The van der Waals surface area contributed by atoms with Gasteiger partial charge >= 0.3 is 0 Å². The molecule has 1 aliphatic carbocycles. The smallest absolute Gasteiger partial charge is 0.255 e. The molecule has 1 aliphatic rings. The molecule has 2 rings (SSSR count). The molecule has 1 aromatic carbocycles. The van der Waals surface area contributed by atoms with Gasteiger partial charge in [0.25, 0.3) is 5.91 Å². The lowest BCUT2D eigenvalue weighted by Gasteiger charge is -2.07. The number of aryl methyl sites for hydroxylation is 1. The lowest BCUT2D eigenvalue weighted by molar-refractivity contribution is 0.0951. The number of phenols is 1. The van der Waals surface area contributed by atoms with Crippen LogP contribution in [0.25, 0.3) is 0 Å². The monoisotopic (exact) mass is 245 g/mol. The van der Waals surface area contributed by atoms with Crippen LogP contribution in [0.2, 0.25) is 0 Å². The summed E-state index contributed by atoms with van der Waals surface area (Å²) >= 11 is 0. The number of phenolic OH excluding ortho intramolecular Hbond substituents is 1. The highest BCUT2D eigenvalue weighted by Gasteiger charge is 2.11. The second kappa shape index (κ2) is 5.71. The SMILES string of the molecule is Cc1ccc(C(=O)NCCC2=CCCC2)c(O)c1. The fourth-order valence-electron chi connectivity index (χ4n) is 2.23. The van der Waals surface area contributed by atoms with Crippen LogP contribution in [0, 0.1) is 6.92 Å². The Morgan fingerprint density at radius 1 is 1.44 bits per heavy atom. The van der Waals surface area contributed by atoms with Gasteiger partial charge in [-0.3, -0.25) is 4.79 Å². The number of hydrogen-bond donors (Lipinski definition) is 2. The largest absolute Gasteiger partial charge is 0.507 e. The summed E-state index contributed by atoms with van der Waals surface area (Å²) in [5, 5.41) is 12.5. The normalized spacial score (nSPS) is 14.4. The Morgan fingerprint density at radius 2 is 2.28 bits per heavy atom. The van der Waals surface area contributed by atoms with Gasteiger partial charge in [-0.05, 0) is 50.3 Å². The molecular weight excluding hydrogens is 226 g/mol. The Labute approximate surface area is 108 Å². The highest BCUT2D eigenvalue weighted by molar-refractivity contribution is 5.96. The minimum absolute atomic E-state index is 0.0487. The molecule has 0 bridgehead atoms. The van der Waals surface area contributed by atoms with E-state index in [4.69, 9.17) is 0 Å².